The molecule has 0 aliphatic carbocycles. The summed E-state index contributed by atoms with van der Waals surface area (Å²) in [4.78, 5) is 35.9. The van der Waals surface area contributed by atoms with Gasteiger partial charge in [0.15, 0.2) is 11.6 Å². The summed E-state index contributed by atoms with van der Waals surface area (Å²) in [6.45, 7) is 1.49. The first kappa shape index (κ1) is 25.5. The molecule has 3 aromatic rings. The van der Waals surface area contributed by atoms with Crippen LogP contribution in [0.5, 0.6) is 11.5 Å². The van der Waals surface area contributed by atoms with Gasteiger partial charge in [-0.05, 0) is 49.2 Å². The normalized spacial score (nSPS) is 11.5. The number of amides is 1. The van der Waals surface area contributed by atoms with E-state index in [9.17, 15) is 37.1 Å². The van der Waals surface area contributed by atoms with Gasteiger partial charge in [-0.25, -0.2) is 4.39 Å². The van der Waals surface area contributed by atoms with Gasteiger partial charge in [0.05, 0.1) is 11.9 Å². The second-order valence-electron chi connectivity index (χ2n) is 7.59. The molecule has 8 nitrogen and oxygen atoms in total. The smallest absolute Gasteiger partial charge is 0.505 e. The van der Waals surface area contributed by atoms with Gasteiger partial charge < -0.3 is 20.3 Å². The fourth-order valence-electron chi connectivity index (χ4n) is 3.63. The topological polar surface area (TPSA) is 118 Å². The van der Waals surface area contributed by atoms with Crippen LogP contribution in [0.3, 0.4) is 0 Å². The molecule has 2 aromatic carbocycles. The van der Waals surface area contributed by atoms with Crippen LogP contribution >= 0.6 is 0 Å². The van der Waals surface area contributed by atoms with Crippen LogP contribution in [0.2, 0.25) is 0 Å². The number of aliphatic carboxylic acids is 1. The van der Waals surface area contributed by atoms with Gasteiger partial charge in [-0.15, -0.1) is 13.2 Å². The molecule has 0 bridgehead atoms. The van der Waals surface area contributed by atoms with Crippen LogP contribution in [0.1, 0.15) is 34.5 Å². The number of alkyl halides is 3. The summed E-state index contributed by atoms with van der Waals surface area (Å²) < 4.78 is 56.3. The summed E-state index contributed by atoms with van der Waals surface area (Å²) in [7, 11) is 0. The van der Waals surface area contributed by atoms with Crippen molar-refractivity contribution in [2.75, 3.05) is 6.54 Å². The number of nitrogens with zero attached hydrogens (tertiary/aromatic N) is 1. The summed E-state index contributed by atoms with van der Waals surface area (Å²) in [5.74, 6) is -4.36. The van der Waals surface area contributed by atoms with Crippen LogP contribution in [0.4, 0.5) is 17.6 Å². The van der Waals surface area contributed by atoms with Crippen LogP contribution in [0.15, 0.2) is 36.4 Å². The number of carbonyl (C=O) groups is 3. The summed E-state index contributed by atoms with van der Waals surface area (Å²) in [6, 6.07) is 6.27. The predicted octanol–water partition coefficient (Wildman–Crippen LogP) is 3.91. The first-order chi connectivity index (χ1) is 16.4. The highest BCUT2D eigenvalue weighted by Gasteiger charge is 2.31. The zero-order chi connectivity index (χ0) is 25.9. The van der Waals surface area contributed by atoms with Crippen molar-refractivity contribution in [1.82, 2.24) is 9.88 Å². The van der Waals surface area contributed by atoms with Crippen LogP contribution in [-0.2, 0) is 16.0 Å². The second kappa shape index (κ2) is 10.0. The number of hydrogen-bond donors (Lipinski definition) is 3. The number of phenolic OH excluding ortho intramolecular Hbond substituents is 1. The third kappa shape index (κ3) is 6.08. The Kier molecular flexibility index (Phi) is 7.32. The molecule has 0 saturated carbocycles. The summed E-state index contributed by atoms with van der Waals surface area (Å²) in [5, 5.41) is 21.3. The van der Waals surface area contributed by atoms with E-state index in [1.54, 1.807) is 6.92 Å². The number of benzene rings is 2. The Balaban J connectivity index is 1.93. The number of nitrogens with one attached hydrogen (secondary N) is 1. The highest BCUT2D eigenvalue weighted by Crippen LogP contribution is 2.33. The highest BCUT2D eigenvalue weighted by atomic mass is 19.4. The van der Waals surface area contributed by atoms with E-state index < -0.39 is 41.5 Å². The average molecular weight is 496 g/mol. The molecule has 3 N–H and O–H groups in total. The van der Waals surface area contributed by atoms with Gasteiger partial charge in [0, 0.05) is 35.7 Å². The van der Waals surface area contributed by atoms with Crippen molar-refractivity contribution >= 4 is 28.7 Å². The number of aromatic hydroxyl groups is 1. The fraction of sp³-hybridized carbons (Fsp3) is 0.261. The standard InChI is InChI=1S/C23H20F4N2O6/c1-12-15(6-7-20(31)28-9-8-21(32)33)16-10-19(30)17(24)11-18(16)29(12)22(34)13-2-4-14(5-3-13)35-23(25,26)27/h2-5,10-11,30H,6-9H2,1H3,(H,28,31)(H,32,33). The van der Waals surface area contributed by atoms with Gasteiger partial charge >= 0.3 is 12.3 Å². The molecule has 0 aliphatic heterocycles. The number of ether oxygens (including phenoxy) is 1. The lowest BCUT2D eigenvalue weighted by Crippen LogP contribution is -2.26. The van der Waals surface area contributed by atoms with E-state index in [0.29, 0.717) is 16.6 Å². The van der Waals surface area contributed by atoms with Gasteiger partial charge in [0.2, 0.25) is 5.91 Å². The lowest BCUT2D eigenvalue weighted by molar-refractivity contribution is -0.274. The van der Waals surface area contributed by atoms with E-state index in [1.807, 2.05) is 0 Å². The molecule has 1 heterocycles. The molecule has 0 unspecified atom stereocenters. The number of phenols is 1. The van der Waals surface area contributed by atoms with Crippen LogP contribution in [-0.4, -0.2) is 45.5 Å². The molecule has 0 atom stereocenters. The van der Waals surface area contributed by atoms with Crippen molar-refractivity contribution in [2.24, 2.45) is 0 Å². The molecule has 0 aliphatic rings. The predicted molar refractivity (Wildman–Crippen MR) is 115 cm³/mol. The molecule has 0 radical (unpaired) electrons. The highest BCUT2D eigenvalue weighted by molar-refractivity contribution is 6.04. The van der Waals surface area contributed by atoms with E-state index in [4.69, 9.17) is 5.11 Å². The quantitative estimate of drug-likeness (QED) is 0.407. The summed E-state index contributed by atoms with van der Waals surface area (Å²) in [5.41, 5.74) is 0.892. The molecule has 35 heavy (non-hydrogen) atoms. The Hall–Kier alpha value is -4.09. The first-order valence-corrected chi connectivity index (χ1v) is 10.3. The minimum Gasteiger partial charge on any atom is -0.505 e. The largest absolute Gasteiger partial charge is 0.573 e. The van der Waals surface area contributed by atoms with Gasteiger partial charge in [-0.1, -0.05) is 0 Å². The Labute approximate surface area is 195 Å². The van der Waals surface area contributed by atoms with E-state index in [0.717, 1.165) is 41.0 Å². The molecule has 1 aromatic heterocycles. The number of halogens is 4. The van der Waals surface area contributed by atoms with Crippen LogP contribution in [0, 0.1) is 12.7 Å². The zero-order valence-electron chi connectivity index (χ0n) is 18.3. The maximum atomic E-state index is 14.2. The Morgan fingerprint density at radius 2 is 1.74 bits per heavy atom. The maximum absolute atomic E-state index is 14.2. The van der Waals surface area contributed by atoms with Crippen molar-refractivity contribution in [3.05, 3.63) is 59.0 Å². The van der Waals surface area contributed by atoms with Crippen LogP contribution < -0.4 is 10.1 Å². The number of carboxylic acids is 1. The third-order valence-corrected chi connectivity index (χ3v) is 5.20. The molecule has 0 fully saturated rings. The third-order valence-electron chi connectivity index (χ3n) is 5.20. The molecule has 3 rings (SSSR count). The second-order valence-corrected chi connectivity index (χ2v) is 7.59. The molecule has 0 spiro atoms. The average Bonchev–Trinajstić information content (AvgIpc) is 3.01. The molecular formula is C23H20F4N2O6. The monoisotopic (exact) mass is 496 g/mol. The van der Waals surface area contributed by atoms with Crippen molar-refractivity contribution in [3.8, 4) is 11.5 Å². The van der Waals surface area contributed by atoms with Crippen LogP contribution in [0.25, 0.3) is 10.9 Å². The molecule has 1 amide bonds. The lowest BCUT2D eigenvalue weighted by Gasteiger charge is -2.11. The SMILES string of the molecule is Cc1c(CCC(=O)NCCC(=O)O)c2cc(O)c(F)cc2n1C(=O)c1ccc(OC(F)(F)F)cc1. The Morgan fingerprint density at radius 3 is 2.34 bits per heavy atom. The molecule has 12 heteroatoms. The van der Waals surface area contributed by atoms with E-state index >= 15 is 0 Å². The molecule has 186 valence electrons. The number of hydrogen-bond acceptors (Lipinski definition) is 5. The Morgan fingerprint density at radius 1 is 1.09 bits per heavy atom. The van der Waals surface area contributed by atoms with Crippen molar-refractivity contribution < 1.29 is 46.9 Å². The van der Waals surface area contributed by atoms with Gasteiger partial charge in [-0.3, -0.25) is 19.0 Å². The number of carbonyl (C=O) groups excluding carboxylic acids is 2. The molecular weight excluding hydrogens is 476 g/mol. The molecule has 0 saturated heterocycles. The minimum absolute atomic E-state index is 0.00836. The van der Waals surface area contributed by atoms with E-state index in [2.05, 4.69) is 10.1 Å². The van der Waals surface area contributed by atoms with Crippen molar-refractivity contribution in [1.29, 1.82) is 0 Å². The van der Waals surface area contributed by atoms with Crippen molar-refractivity contribution in [2.45, 2.75) is 32.5 Å². The number of carboxylic acid groups (broad SMARTS) is 1. The summed E-state index contributed by atoms with van der Waals surface area (Å²) in [6.07, 6.45) is -5.13. The maximum Gasteiger partial charge on any atom is 0.573 e. The zero-order valence-corrected chi connectivity index (χ0v) is 18.3. The van der Waals surface area contributed by atoms with Gasteiger partial charge in [0.1, 0.15) is 5.75 Å². The van der Waals surface area contributed by atoms with E-state index in [-0.39, 0.29) is 36.9 Å². The van der Waals surface area contributed by atoms with E-state index in [1.165, 1.54) is 0 Å². The first-order valence-electron chi connectivity index (χ1n) is 10.3. The lowest BCUT2D eigenvalue weighted by atomic mass is 10.1. The fourth-order valence-corrected chi connectivity index (χ4v) is 3.63. The van der Waals surface area contributed by atoms with Crippen molar-refractivity contribution in [3.63, 3.8) is 0 Å². The number of aromatic nitrogens is 1. The number of rotatable bonds is 8. The Bertz CT molecular complexity index is 1280. The summed E-state index contributed by atoms with van der Waals surface area (Å²) >= 11 is 0. The van der Waals surface area contributed by atoms with Gasteiger partial charge in [-0.2, -0.15) is 0 Å². The number of aryl methyl sites for hydroxylation is 1. The number of fused-ring (bicyclic) bond motifs is 1. The minimum atomic E-state index is -4.90. The van der Waals surface area contributed by atoms with Gasteiger partial charge in [0.25, 0.3) is 5.91 Å².